The summed E-state index contributed by atoms with van der Waals surface area (Å²) in [5.41, 5.74) is -0.346. The van der Waals surface area contributed by atoms with E-state index in [-0.39, 0.29) is 49.2 Å². The molecule has 28 heavy (non-hydrogen) atoms. The molecule has 1 aliphatic heterocycles. The third-order valence-corrected chi connectivity index (χ3v) is 7.18. The molecule has 156 valence electrons. The second-order valence-corrected chi connectivity index (χ2v) is 11.7. The average Bonchev–Trinajstić information content (AvgIpc) is 2.98. The number of rotatable bonds is 5. The number of amides is 1. The van der Waals surface area contributed by atoms with Crippen LogP contribution < -0.4 is 4.46 Å². The first-order valence-corrected chi connectivity index (χ1v) is 11.8. The maximum atomic E-state index is 12.9. The Hall–Kier alpha value is -1.59. The molecule has 0 bridgehead atoms. The second kappa shape index (κ2) is 8.83. The van der Waals surface area contributed by atoms with E-state index in [0.717, 1.165) is 29.0 Å². The zero-order valence-corrected chi connectivity index (χ0v) is 19.4. The molecule has 0 N–H and O–H groups in total. The van der Waals surface area contributed by atoms with Gasteiger partial charge >= 0.3 is 174 Å². The molecule has 2 rings (SSSR count). The summed E-state index contributed by atoms with van der Waals surface area (Å²) in [5.74, 6) is 0. The molecule has 0 aliphatic carbocycles. The molecule has 2 atom stereocenters. The van der Waals surface area contributed by atoms with Crippen LogP contribution in [0.25, 0.3) is 0 Å². The summed E-state index contributed by atoms with van der Waals surface area (Å²) < 4.78 is 6.51. The molecular formula is C21H32N2O4Se. The number of likely N-dealkylation sites (tertiary alicyclic amines) is 1. The van der Waals surface area contributed by atoms with Gasteiger partial charge in [-0.25, -0.2) is 0 Å². The van der Waals surface area contributed by atoms with Crippen molar-refractivity contribution in [3.05, 3.63) is 34.4 Å². The number of nitro benzene ring substituents is 1. The van der Waals surface area contributed by atoms with Gasteiger partial charge < -0.3 is 0 Å². The van der Waals surface area contributed by atoms with Crippen LogP contribution in [0.15, 0.2) is 24.3 Å². The van der Waals surface area contributed by atoms with Gasteiger partial charge in [-0.2, -0.15) is 0 Å². The van der Waals surface area contributed by atoms with Crippen LogP contribution >= 0.6 is 0 Å². The summed E-state index contributed by atoms with van der Waals surface area (Å²) in [4.78, 5) is 25.8. The Morgan fingerprint density at radius 2 is 1.86 bits per heavy atom. The number of hydrogen-bond acceptors (Lipinski definition) is 4. The Kier molecular flexibility index (Phi) is 7.16. The van der Waals surface area contributed by atoms with Gasteiger partial charge in [-0.15, -0.1) is 0 Å². The maximum absolute atomic E-state index is 12.9. The van der Waals surface area contributed by atoms with Gasteiger partial charge in [0.25, 0.3) is 0 Å². The number of nitrogens with zero attached hydrogens (tertiary/aromatic N) is 2. The molecule has 1 fully saturated rings. The zero-order chi connectivity index (χ0) is 21.1. The first-order valence-electron chi connectivity index (χ1n) is 9.77. The van der Waals surface area contributed by atoms with Crippen molar-refractivity contribution in [2.24, 2.45) is 5.41 Å². The van der Waals surface area contributed by atoms with E-state index in [1.165, 1.54) is 0 Å². The molecule has 1 heterocycles. The van der Waals surface area contributed by atoms with Crippen LogP contribution in [0.1, 0.15) is 60.8 Å². The molecule has 6 nitrogen and oxygen atoms in total. The van der Waals surface area contributed by atoms with Gasteiger partial charge in [0.15, 0.2) is 0 Å². The molecule has 0 saturated carbocycles. The Labute approximate surface area is 174 Å². The van der Waals surface area contributed by atoms with Gasteiger partial charge in [0.2, 0.25) is 0 Å². The molecule has 1 unspecified atom stereocenters. The van der Waals surface area contributed by atoms with Gasteiger partial charge in [0.1, 0.15) is 0 Å². The molecule has 7 heteroatoms. The Morgan fingerprint density at radius 3 is 2.43 bits per heavy atom. The number of carbonyl (C=O) groups excluding carboxylic acids is 1. The Bertz CT molecular complexity index is 709. The number of ether oxygens (including phenoxy) is 1. The van der Waals surface area contributed by atoms with E-state index in [4.69, 9.17) is 4.74 Å². The summed E-state index contributed by atoms with van der Waals surface area (Å²) >= 11 is 0.00306. The molecule has 1 aromatic rings. The molecule has 0 spiro atoms. The summed E-state index contributed by atoms with van der Waals surface area (Å²) in [6.07, 6.45) is 2.52. The van der Waals surface area contributed by atoms with Gasteiger partial charge in [-0.3, -0.25) is 0 Å². The summed E-state index contributed by atoms with van der Waals surface area (Å²) in [6, 6.07) is 7.23. The van der Waals surface area contributed by atoms with Crippen LogP contribution in [-0.2, 0) is 4.74 Å². The number of hydrogen-bond donors (Lipinski definition) is 0. The van der Waals surface area contributed by atoms with Crippen LogP contribution in [0.4, 0.5) is 10.5 Å². The molecule has 0 radical (unpaired) electrons. The minimum atomic E-state index is -0.527. The predicted octanol–water partition coefficient (Wildman–Crippen LogP) is 4.55. The Balaban J connectivity index is 2.08. The van der Waals surface area contributed by atoms with Crippen LogP contribution in [-0.4, -0.2) is 48.6 Å². The van der Waals surface area contributed by atoms with E-state index < -0.39 is 5.60 Å². The number of para-hydroxylation sites is 1. The summed E-state index contributed by atoms with van der Waals surface area (Å²) in [5, 5.41) is 12.1. The van der Waals surface area contributed by atoms with Crippen molar-refractivity contribution in [1.82, 2.24) is 4.90 Å². The zero-order valence-electron chi connectivity index (χ0n) is 17.7. The van der Waals surface area contributed by atoms with E-state index in [2.05, 4.69) is 20.8 Å². The summed E-state index contributed by atoms with van der Waals surface area (Å²) in [6.45, 7) is 12.2. The molecule has 1 saturated heterocycles. The minimum absolute atomic E-state index is 0.00306. The quantitative estimate of drug-likeness (QED) is 0.371. The second-order valence-electron chi connectivity index (χ2n) is 9.36. The molecule has 1 amide bonds. The van der Waals surface area contributed by atoms with E-state index in [9.17, 15) is 14.9 Å². The van der Waals surface area contributed by atoms with E-state index >= 15 is 0 Å². The summed E-state index contributed by atoms with van der Waals surface area (Å²) in [7, 11) is 0. The van der Waals surface area contributed by atoms with Crippen molar-refractivity contribution >= 4 is 31.2 Å². The first-order chi connectivity index (χ1) is 12.9. The van der Waals surface area contributed by atoms with Crippen LogP contribution in [0, 0.1) is 15.5 Å². The van der Waals surface area contributed by atoms with Crippen LogP contribution in [0.5, 0.6) is 0 Å². The molecule has 1 aromatic carbocycles. The van der Waals surface area contributed by atoms with Crippen LogP contribution in [0.3, 0.4) is 0 Å². The Morgan fingerprint density at radius 1 is 1.21 bits per heavy atom. The fraction of sp³-hybridized carbons (Fsp3) is 0.667. The normalized spacial score (nSPS) is 20.3. The number of carbonyl (C=O) groups is 1. The monoisotopic (exact) mass is 456 g/mol. The number of nitro groups is 1. The van der Waals surface area contributed by atoms with Crippen molar-refractivity contribution in [1.29, 1.82) is 0 Å². The number of benzene rings is 1. The van der Waals surface area contributed by atoms with Crippen molar-refractivity contribution in [2.75, 3.05) is 0 Å². The van der Waals surface area contributed by atoms with Crippen molar-refractivity contribution < 1.29 is 14.5 Å². The van der Waals surface area contributed by atoms with Gasteiger partial charge in [0, 0.05) is 0 Å². The van der Waals surface area contributed by atoms with E-state index in [1.54, 1.807) is 12.1 Å². The van der Waals surface area contributed by atoms with E-state index in [1.807, 2.05) is 37.8 Å². The molecule has 0 aromatic heterocycles. The molecule has 1 aliphatic rings. The first kappa shape index (κ1) is 22.7. The van der Waals surface area contributed by atoms with Gasteiger partial charge in [0.05, 0.1) is 0 Å². The predicted molar refractivity (Wildman–Crippen MR) is 112 cm³/mol. The van der Waals surface area contributed by atoms with Gasteiger partial charge in [-0.05, 0) is 0 Å². The third-order valence-electron chi connectivity index (χ3n) is 4.88. The van der Waals surface area contributed by atoms with Gasteiger partial charge in [-0.1, -0.05) is 0 Å². The standard InChI is InChI=1S/C21H32N2O4Se/c1-20(2,3)18-12-11-15(22(18)19(24)27-21(4,5)6)13-14-28-17-10-8-7-9-16(17)23(25)26/h7-10,15,18H,11-14H2,1-6H3/t15?,18-/m0/s1. The van der Waals surface area contributed by atoms with Crippen molar-refractivity contribution in [3.8, 4) is 0 Å². The average molecular weight is 455 g/mol. The molecular weight excluding hydrogens is 423 g/mol. The fourth-order valence-corrected chi connectivity index (χ4v) is 5.90. The van der Waals surface area contributed by atoms with Crippen molar-refractivity contribution in [2.45, 2.75) is 83.8 Å². The van der Waals surface area contributed by atoms with Crippen LogP contribution in [0.2, 0.25) is 5.32 Å². The topological polar surface area (TPSA) is 72.7 Å². The van der Waals surface area contributed by atoms with Crippen molar-refractivity contribution in [3.63, 3.8) is 0 Å². The van der Waals surface area contributed by atoms with E-state index in [0.29, 0.717) is 0 Å². The fourth-order valence-electron chi connectivity index (χ4n) is 3.64. The third kappa shape index (κ3) is 5.95. The SMILES string of the molecule is CC(C)(C)OC(=O)N1C(CC[Se]c2ccccc2[N+](=O)[O-])CC[C@H]1C(C)(C)C.